The minimum absolute atomic E-state index is 0.204. The molecule has 220 valence electrons. The van der Waals surface area contributed by atoms with Gasteiger partial charge in [0.25, 0.3) is 5.91 Å². The lowest BCUT2D eigenvalue weighted by Crippen LogP contribution is -2.43. The third-order valence-electron chi connectivity index (χ3n) is 8.04. The monoisotopic (exact) mass is 594 g/mol. The first kappa shape index (κ1) is 28.9. The molecule has 0 spiro atoms. The topological polar surface area (TPSA) is 75.5 Å². The fraction of sp³-hybridized carbons (Fsp3) is 0.265. The zero-order valence-electron chi connectivity index (χ0n) is 24.9. The van der Waals surface area contributed by atoms with Crippen LogP contribution < -0.4 is 10.1 Å². The zero-order chi connectivity index (χ0) is 30.1. The highest BCUT2D eigenvalue weighted by molar-refractivity contribution is 6.30. The molecule has 5 aromatic rings. The van der Waals surface area contributed by atoms with Crippen LogP contribution in [0.3, 0.4) is 0 Å². The first-order valence-corrected chi connectivity index (χ1v) is 14.8. The number of anilines is 1. The fourth-order valence-corrected chi connectivity index (χ4v) is 5.44. The number of hydrogen-bond acceptors (Lipinski definition) is 6. The summed E-state index contributed by atoms with van der Waals surface area (Å²) in [6.07, 6.45) is 1.92. The van der Waals surface area contributed by atoms with E-state index in [4.69, 9.17) is 26.3 Å². The Kier molecular flexibility index (Phi) is 8.17. The van der Waals surface area contributed by atoms with E-state index in [1.807, 2.05) is 79.3 Å². The van der Waals surface area contributed by atoms with Crippen LogP contribution in [0, 0.1) is 13.8 Å². The van der Waals surface area contributed by atoms with Crippen LogP contribution in [0.1, 0.15) is 27.0 Å². The van der Waals surface area contributed by atoms with Gasteiger partial charge in [-0.1, -0.05) is 23.7 Å². The number of carbonyl (C=O) groups excluding carboxylic acids is 1. The average Bonchev–Trinajstić information content (AvgIpc) is 3.37. The summed E-state index contributed by atoms with van der Waals surface area (Å²) in [5, 5.41) is 3.70. The number of benzene rings is 3. The van der Waals surface area contributed by atoms with Crippen LogP contribution >= 0.6 is 11.6 Å². The number of piperazine rings is 1. The van der Waals surface area contributed by atoms with Gasteiger partial charge >= 0.3 is 0 Å². The molecule has 1 aliphatic heterocycles. The van der Waals surface area contributed by atoms with Gasteiger partial charge in [-0.25, -0.2) is 4.98 Å². The molecule has 0 radical (unpaired) electrons. The minimum Gasteiger partial charge on any atom is -0.437 e. The van der Waals surface area contributed by atoms with Gasteiger partial charge in [0.1, 0.15) is 11.3 Å². The number of amides is 1. The van der Waals surface area contributed by atoms with Crippen molar-refractivity contribution in [2.45, 2.75) is 20.4 Å². The second-order valence-corrected chi connectivity index (χ2v) is 11.7. The van der Waals surface area contributed by atoms with Crippen LogP contribution in [0.2, 0.25) is 5.02 Å². The third kappa shape index (κ3) is 6.41. The summed E-state index contributed by atoms with van der Waals surface area (Å²) in [7, 11) is 4.09. The normalized spacial score (nSPS) is 14.3. The number of nitrogens with zero attached hydrogens (tertiary/aromatic N) is 5. The van der Waals surface area contributed by atoms with E-state index >= 15 is 0 Å². The van der Waals surface area contributed by atoms with Crippen molar-refractivity contribution in [1.29, 1.82) is 0 Å². The maximum absolute atomic E-state index is 13.3. The molecule has 1 saturated heterocycles. The molecule has 1 N–H and O–H groups in total. The van der Waals surface area contributed by atoms with E-state index in [0.29, 0.717) is 28.0 Å². The number of halogens is 1. The van der Waals surface area contributed by atoms with Gasteiger partial charge in [-0.3, -0.25) is 9.69 Å². The Morgan fingerprint density at radius 1 is 0.907 bits per heavy atom. The molecular formula is C34H35ClN6O2. The van der Waals surface area contributed by atoms with Crippen LogP contribution in [0.4, 0.5) is 5.69 Å². The van der Waals surface area contributed by atoms with Crippen LogP contribution in [-0.4, -0.2) is 63.5 Å². The van der Waals surface area contributed by atoms with E-state index in [1.165, 1.54) is 5.56 Å². The van der Waals surface area contributed by atoms with Crippen molar-refractivity contribution >= 4 is 34.2 Å². The van der Waals surface area contributed by atoms with Gasteiger partial charge < -0.3 is 19.5 Å². The lowest BCUT2D eigenvalue weighted by atomic mass is 10.1. The molecule has 0 atom stereocenters. The van der Waals surface area contributed by atoms with Crippen molar-refractivity contribution in [1.82, 2.24) is 24.3 Å². The largest absolute Gasteiger partial charge is 0.437 e. The molecule has 0 saturated carbocycles. The molecule has 6 rings (SSSR count). The number of aryl methyl sites for hydroxylation is 3. The number of nitrogens with one attached hydrogen (secondary N) is 1. The second-order valence-electron chi connectivity index (χ2n) is 11.3. The van der Waals surface area contributed by atoms with Gasteiger partial charge in [0.15, 0.2) is 5.82 Å². The van der Waals surface area contributed by atoms with E-state index in [1.54, 1.807) is 6.07 Å². The molecular weight excluding hydrogens is 560 g/mol. The first-order valence-electron chi connectivity index (χ1n) is 14.4. The molecule has 8 nitrogen and oxygen atoms in total. The SMILES string of the molecule is Cc1cc(NC(=O)c2ccc(C)c(Oc3nc(-c4ccc(Cl)cc4)nc4ccn(C)c34)c2)ccc1CN1CCN(C)CC1. The molecule has 3 heterocycles. The molecule has 1 fully saturated rings. The van der Waals surface area contributed by atoms with Gasteiger partial charge in [0.2, 0.25) is 5.88 Å². The van der Waals surface area contributed by atoms with Crippen LogP contribution in [0.25, 0.3) is 22.4 Å². The molecule has 2 aromatic heterocycles. The predicted molar refractivity (Wildman–Crippen MR) is 172 cm³/mol. The van der Waals surface area contributed by atoms with Crippen molar-refractivity contribution in [3.8, 4) is 23.0 Å². The van der Waals surface area contributed by atoms with E-state index < -0.39 is 0 Å². The highest BCUT2D eigenvalue weighted by atomic mass is 35.5. The number of aromatic nitrogens is 3. The Hall–Kier alpha value is -4.24. The standard InChI is InChI=1S/C34H35ClN6O2/c1-22-5-6-25(33(42)36-28-12-9-26(23(2)19-28)21-41-17-15-39(3)16-18-41)20-30(22)43-34-31-29(13-14-40(31)4)37-32(38-34)24-7-10-27(35)11-8-24/h5-14,19-20H,15-18,21H2,1-4H3,(H,36,42). The van der Waals surface area contributed by atoms with E-state index in [-0.39, 0.29) is 5.91 Å². The van der Waals surface area contributed by atoms with Crippen molar-refractivity contribution < 1.29 is 9.53 Å². The average molecular weight is 595 g/mol. The molecule has 0 unspecified atom stereocenters. The highest BCUT2D eigenvalue weighted by Crippen LogP contribution is 2.33. The van der Waals surface area contributed by atoms with Crippen molar-refractivity contribution in [3.63, 3.8) is 0 Å². The Bertz CT molecular complexity index is 1790. The lowest BCUT2D eigenvalue weighted by molar-refractivity contribution is 0.102. The molecule has 9 heteroatoms. The summed E-state index contributed by atoms with van der Waals surface area (Å²) in [5.74, 6) is 1.29. The summed E-state index contributed by atoms with van der Waals surface area (Å²) >= 11 is 6.09. The molecule has 0 bridgehead atoms. The van der Waals surface area contributed by atoms with Gasteiger partial charge in [-0.2, -0.15) is 4.98 Å². The summed E-state index contributed by atoms with van der Waals surface area (Å²) in [5.41, 5.74) is 6.94. The van der Waals surface area contributed by atoms with Crippen molar-refractivity contribution in [2.24, 2.45) is 7.05 Å². The quantitative estimate of drug-likeness (QED) is 0.226. The van der Waals surface area contributed by atoms with E-state index in [2.05, 4.69) is 35.2 Å². The number of ether oxygens (including phenoxy) is 1. The molecule has 1 aliphatic rings. The van der Waals surface area contributed by atoms with Gasteiger partial charge in [-0.05, 0) is 92.2 Å². The smallest absolute Gasteiger partial charge is 0.255 e. The van der Waals surface area contributed by atoms with Crippen LogP contribution in [0.15, 0.2) is 72.9 Å². The zero-order valence-corrected chi connectivity index (χ0v) is 25.7. The summed E-state index contributed by atoms with van der Waals surface area (Å²) in [6, 6.07) is 20.9. The summed E-state index contributed by atoms with van der Waals surface area (Å²) < 4.78 is 8.34. The number of carbonyl (C=O) groups is 1. The Labute approximate surface area is 256 Å². The number of fused-ring (bicyclic) bond motifs is 1. The fourth-order valence-electron chi connectivity index (χ4n) is 5.31. The minimum atomic E-state index is -0.204. The summed E-state index contributed by atoms with van der Waals surface area (Å²) in [4.78, 5) is 27.7. The van der Waals surface area contributed by atoms with E-state index in [0.717, 1.165) is 66.1 Å². The van der Waals surface area contributed by atoms with Crippen LogP contribution in [-0.2, 0) is 13.6 Å². The molecule has 1 amide bonds. The van der Waals surface area contributed by atoms with Crippen molar-refractivity contribution in [2.75, 3.05) is 38.5 Å². The maximum Gasteiger partial charge on any atom is 0.255 e. The van der Waals surface area contributed by atoms with E-state index in [9.17, 15) is 4.79 Å². The van der Waals surface area contributed by atoms with Gasteiger partial charge in [0.05, 0.1) is 5.52 Å². The third-order valence-corrected chi connectivity index (χ3v) is 8.29. The maximum atomic E-state index is 13.3. The first-order chi connectivity index (χ1) is 20.7. The lowest BCUT2D eigenvalue weighted by Gasteiger charge is -2.32. The van der Waals surface area contributed by atoms with Crippen LogP contribution in [0.5, 0.6) is 11.6 Å². The van der Waals surface area contributed by atoms with Crippen molar-refractivity contribution in [3.05, 3.63) is 100 Å². The Morgan fingerprint density at radius 3 is 2.42 bits per heavy atom. The number of rotatable bonds is 7. The van der Waals surface area contributed by atoms with Gasteiger partial charge in [0, 0.05) is 67.8 Å². The highest BCUT2D eigenvalue weighted by Gasteiger charge is 2.18. The summed E-state index contributed by atoms with van der Waals surface area (Å²) in [6.45, 7) is 9.28. The molecule has 43 heavy (non-hydrogen) atoms. The predicted octanol–water partition coefficient (Wildman–Crippen LogP) is 6.70. The Balaban J connectivity index is 1.22. The molecule has 0 aliphatic carbocycles. The second kappa shape index (κ2) is 12.2. The number of likely N-dealkylation sites (N-methyl/N-ethyl adjacent to an activating group) is 1. The molecule has 3 aromatic carbocycles. The van der Waals surface area contributed by atoms with Gasteiger partial charge in [-0.15, -0.1) is 0 Å². The number of hydrogen-bond donors (Lipinski definition) is 1. The Morgan fingerprint density at radius 2 is 1.67 bits per heavy atom.